The Bertz CT molecular complexity index is 488. The van der Waals surface area contributed by atoms with E-state index in [0.717, 1.165) is 17.7 Å². The molecule has 0 spiro atoms. The first-order valence-electron chi connectivity index (χ1n) is 5.58. The fourth-order valence-corrected chi connectivity index (χ4v) is 2.56. The summed E-state index contributed by atoms with van der Waals surface area (Å²) in [6.07, 6.45) is 4.01. The highest BCUT2D eigenvalue weighted by Crippen LogP contribution is 2.29. The van der Waals surface area contributed by atoms with Crippen LogP contribution in [0.3, 0.4) is 0 Å². The van der Waals surface area contributed by atoms with Crippen LogP contribution in [0, 0.1) is 0 Å². The van der Waals surface area contributed by atoms with Gasteiger partial charge in [0.15, 0.2) is 5.13 Å². The lowest BCUT2D eigenvalue weighted by molar-refractivity contribution is 1.04. The maximum absolute atomic E-state index is 5.65. The van der Waals surface area contributed by atoms with Gasteiger partial charge in [-0.2, -0.15) is 0 Å². The second-order valence-corrected chi connectivity index (χ2v) is 4.82. The molecule has 2 nitrogen and oxygen atoms in total. The molecule has 2 rings (SSSR count). The van der Waals surface area contributed by atoms with Crippen LogP contribution in [0.1, 0.15) is 25.0 Å². The molecule has 0 aliphatic rings. The number of rotatable bonds is 3. The third-order valence-electron chi connectivity index (χ3n) is 2.78. The number of hydrogen-bond acceptors (Lipinski definition) is 3. The zero-order valence-corrected chi connectivity index (χ0v) is 10.5. The Labute approximate surface area is 100 Å². The maximum atomic E-state index is 5.65. The van der Waals surface area contributed by atoms with E-state index in [-0.39, 0.29) is 0 Å². The highest BCUT2D eigenvalue weighted by Gasteiger charge is 2.05. The van der Waals surface area contributed by atoms with Crippen LogP contribution < -0.4 is 5.73 Å². The topological polar surface area (TPSA) is 38.9 Å². The van der Waals surface area contributed by atoms with Crippen molar-refractivity contribution >= 4 is 16.5 Å². The zero-order chi connectivity index (χ0) is 11.5. The Morgan fingerprint density at radius 1 is 1.19 bits per heavy atom. The summed E-state index contributed by atoms with van der Waals surface area (Å²) < 4.78 is 0. The molecular weight excluding hydrogens is 216 g/mol. The van der Waals surface area contributed by atoms with Crippen LogP contribution in [0.2, 0.25) is 0 Å². The van der Waals surface area contributed by atoms with Gasteiger partial charge in [-0.3, -0.25) is 0 Å². The van der Waals surface area contributed by atoms with E-state index in [1.54, 1.807) is 11.3 Å². The molecule has 0 atom stereocenters. The number of hydrogen-bond donors (Lipinski definition) is 1. The summed E-state index contributed by atoms with van der Waals surface area (Å²) in [6, 6.07) is 6.63. The molecule has 16 heavy (non-hydrogen) atoms. The lowest BCUT2D eigenvalue weighted by Gasteiger charge is -2.07. The molecule has 1 heterocycles. The van der Waals surface area contributed by atoms with E-state index in [4.69, 9.17) is 5.73 Å². The van der Waals surface area contributed by atoms with Gasteiger partial charge < -0.3 is 5.73 Å². The molecule has 2 N–H and O–H groups in total. The highest BCUT2D eigenvalue weighted by atomic mass is 32.1. The van der Waals surface area contributed by atoms with E-state index >= 15 is 0 Å². The SMILES string of the molecule is CCc1ccc(-c2cnc(N)s2)cc1CC. The minimum atomic E-state index is 0.632. The first-order chi connectivity index (χ1) is 7.74. The van der Waals surface area contributed by atoms with E-state index in [9.17, 15) is 0 Å². The number of thiazole rings is 1. The first-order valence-corrected chi connectivity index (χ1v) is 6.39. The molecule has 0 amide bonds. The van der Waals surface area contributed by atoms with Gasteiger partial charge in [0.2, 0.25) is 0 Å². The van der Waals surface area contributed by atoms with Gasteiger partial charge in [-0.05, 0) is 29.5 Å². The molecule has 1 aromatic heterocycles. The lowest BCUT2D eigenvalue weighted by Crippen LogP contribution is -1.90. The Kier molecular flexibility index (Phi) is 3.25. The zero-order valence-electron chi connectivity index (χ0n) is 9.66. The Morgan fingerprint density at radius 3 is 2.50 bits per heavy atom. The molecule has 0 saturated carbocycles. The van der Waals surface area contributed by atoms with Gasteiger partial charge in [0.25, 0.3) is 0 Å². The average Bonchev–Trinajstić information content (AvgIpc) is 2.75. The van der Waals surface area contributed by atoms with Gasteiger partial charge in [-0.1, -0.05) is 43.4 Å². The summed E-state index contributed by atoms with van der Waals surface area (Å²) in [4.78, 5) is 5.24. The second kappa shape index (κ2) is 4.66. The molecule has 2 aromatic rings. The van der Waals surface area contributed by atoms with Crippen molar-refractivity contribution in [2.24, 2.45) is 0 Å². The highest BCUT2D eigenvalue weighted by molar-refractivity contribution is 7.18. The summed E-state index contributed by atoms with van der Waals surface area (Å²) in [5.74, 6) is 0. The van der Waals surface area contributed by atoms with Gasteiger partial charge in [-0.25, -0.2) is 4.98 Å². The molecular formula is C13H16N2S. The molecule has 0 fully saturated rings. The molecule has 0 saturated heterocycles. The second-order valence-electron chi connectivity index (χ2n) is 3.75. The first kappa shape index (κ1) is 11.1. The molecule has 3 heteroatoms. The normalized spacial score (nSPS) is 10.6. The summed E-state index contributed by atoms with van der Waals surface area (Å²) in [6.45, 7) is 4.39. The molecule has 0 unspecified atom stereocenters. The van der Waals surface area contributed by atoms with Crippen molar-refractivity contribution in [2.45, 2.75) is 26.7 Å². The molecule has 0 aliphatic carbocycles. The van der Waals surface area contributed by atoms with E-state index in [1.807, 2.05) is 6.20 Å². The van der Waals surface area contributed by atoms with Gasteiger partial charge in [-0.15, -0.1) is 0 Å². The van der Waals surface area contributed by atoms with Crippen LogP contribution in [-0.4, -0.2) is 4.98 Å². The van der Waals surface area contributed by atoms with Crippen molar-refractivity contribution in [3.63, 3.8) is 0 Å². The Balaban J connectivity index is 2.43. The van der Waals surface area contributed by atoms with Crippen LogP contribution in [0.25, 0.3) is 10.4 Å². The van der Waals surface area contributed by atoms with Gasteiger partial charge in [0, 0.05) is 6.20 Å². The number of anilines is 1. The van der Waals surface area contributed by atoms with Crippen LogP contribution in [0.5, 0.6) is 0 Å². The van der Waals surface area contributed by atoms with E-state index in [1.165, 1.54) is 16.7 Å². The third-order valence-corrected chi connectivity index (χ3v) is 3.65. The van der Waals surface area contributed by atoms with Crippen LogP contribution >= 0.6 is 11.3 Å². The predicted molar refractivity (Wildman–Crippen MR) is 70.7 cm³/mol. The molecule has 0 radical (unpaired) electrons. The number of nitrogens with two attached hydrogens (primary N) is 1. The van der Waals surface area contributed by atoms with Gasteiger partial charge in [0.1, 0.15) is 0 Å². The number of aromatic nitrogens is 1. The monoisotopic (exact) mass is 232 g/mol. The average molecular weight is 232 g/mol. The number of benzene rings is 1. The van der Waals surface area contributed by atoms with Gasteiger partial charge in [0.05, 0.1) is 4.88 Å². The van der Waals surface area contributed by atoms with E-state index < -0.39 is 0 Å². The fourth-order valence-electron chi connectivity index (χ4n) is 1.87. The smallest absolute Gasteiger partial charge is 0.180 e. The summed E-state index contributed by atoms with van der Waals surface area (Å²) in [5.41, 5.74) is 9.73. The van der Waals surface area contributed by atoms with Crippen LogP contribution in [0.4, 0.5) is 5.13 Å². The molecule has 0 aliphatic heterocycles. The van der Waals surface area contributed by atoms with Crippen molar-refractivity contribution in [3.05, 3.63) is 35.5 Å². The minimum Gasteiger partial charge on any atom is -0.375 e. The summed E-state index contributed by atoms with van der Waals surface area (Å²) >= 11 is 1.54. The van der Waals surface area contributed by atoms with Crippen molar-refractivity contribution < 1.29 is 0 Å². The van der Waals surface area contributed by atoms with Gasteiger partial charge >= 0.3 is 0 Å². The van der Waals surface area contributed by atoms with Crippen molar-refractivity contribution in [1.82, 2.24) is 4.98 Å². The standard InChI is InChI=1S/C13H16N2S/c1-3-9-5-6-11(7-10(9)4-2)12-8-15-13(14)16-12/h5-8H,3-4H2,1-2H3,(H2,14,15). The quantitative estimate of drug-likeness (QED) is 0.879. The fraction of sp³-hybridized carbons (Fsp3) is 0.308. The molecule has 0 bridgehead atoms. The Hall–Kier alpha value is -1.35. The predicted octanol–water partition coefficient (Wildman–Crippen LogP) is 3.52. The summed E-state index contributed by atoms with van der Waals surface area (Å²) in [5, 5.41) is 0.632. The van der Waals surface area contributed by atoms with E-state index in [2.05, 4.69) is 37.0 Å². The lowest BCUT2D eigenvalue weighted by atomic mass is 10.00. The van der Waals surface area contributed by atoms with Crippen LogP contribution in [0.15, 0.2) is 24.4 Å². The number of nitrogen functional groups attached to an aromatic ring is 1. The largest absolute Gasteiger partial charge is 0.375 e. The van der Waals surface area contributed by atoms with E-state index in [0.29, 0.717) is 5.13 Å². The third kappa shape index (κ3) is 2.09. The van der Waals surface area contributed by atoms with Crippen molar-refractivity contribution in [1.29, 1.82) is 0 Å². The Morgan fingerprint density at radius 2 is 1.94 bits per heavy atom. The molecule has 1 aromatic carbocycles. The van der Waals surface area contributed by atoms with Crippen molar-refractivity contribution in [2.75, 3.05) is 5.73 Å². The molecule has 84 valence electrons. The summed E-state index contributed by atoms with van der Waals surface area (Å²) in [7, 11) is 0. The maximum Gasteiger partial charge on any atom is 0.180 e. The number of aryl methyl sites for hydroxylation is 2. The van der Waals surface area contributed by atoms with Crippen molar-refractivity contribution in [3.8, 4) is 10.4 Å². The van der Waals surface area contributed by atoms with Crippen LogP contribution in [-0.2, 0) is 12.8 Å². The minimum absolute atomic E-state index is 0.632. The number of nitrogens with zero attached hydrogens (tertiary/aromatic N) is 1.